The van der Waals surface area contributed by atoms with Crippen LogP contribution in [0.5, 0.6) is 0 Å². The third kappa shape index (κ3) is 4.58. The molecule has 0 saturated carbocycles. The minimum atomic E-state index is -1.10. The number of halogens is 1. The van der Waals surface area contributed by atoms with Crippen molar-refractivity contribution < 1.29 is 4.39 Å². The molecule has 6 N–H and O–H groups in total. The SMILES string of the molecule is C[C@H](N=C1NC(N)=NC(N)(CCc2cccc(F)c2)N1)c1ccccc1. The molecule has 7 heteroatoms. The highest BCUT2D eigenvalue weighted by molar-refractivity contribution is 6.00. The quantitative estimate of drug-likeness (QED) is 0.660. The molecule has 2 aromatic carbocycles. The maximum absolute atomic E-state index is 13.3. The molecule has 136 valence electrons. The summed E-state index contributed by atoms with van der Waals surface area (Å²) in [7, 11) is 0. The standard InChI is InChI=1S/C19H23FN6/c1-13(15-7-3-2-4-8-15)23-18-24-17(21)25-19(22,26-18)11-10-14-6-5-9-16(20)12-14/h2-9,12-13H,10-11,22H2,1H3,(H4,21,23,24,25,26)/t13-,19?/m0/s1. The lowest BCUT2D eigenvalue weighted by atomic mass is 10.1. The lowest BCUT2D eigenvalue weighted by Gasteiger charge is -2.33. The van der Waals surface area contributed by atoms with Crippen LogP contribution in [0.4, 0.5) is 4.39 Å². The maximum atomic E-state index is 13.3. The summed E-state index contributed by atoms with van der Waals surface area (Å²) >= 11 is 0. The molecule has 2 atom stereocenters. The van der Waals surface area contributed by atoms with Gasteiger partial charge in [-0.25, -0.2) is 14.4 Å². The largest absolute Gasteiger partial charge is 0.370 e. The van der Waals surface area contributed by atoms with E-state index in [9.17, 15) is 4.39 Å². The number of guanidine groups is 2. The lowest BCUT2D eigenvalue weighted by Crippen LogP contribution is -2.64. The number of nitrogens with two attached hydrogens (primary N) is 2. The first kappa shape index (κ1) is 17.9. The number of nitrogens with zero attached hydrogens (tertiary/aromatic N) is 2. The first-order valence-corrected chi connectivity index (χ1v) is 8.50. The minimum Gasteiger partial charge on any atom is -0.370 e. The third-order valence-corrected chi connectivity index (χ3v) is 4.19. The summed E-state index contributed by atoms with van der Waals surface area (Å²) in [5, 5.41) is 6.01. The highest BCUT2D eigenvalue weighted by Crippen LogP contribution is 2.18. The van der Waals surface area contributed by atoms with Crippen molar-refractivity contribution in [2.24, 2.45) is 21.5 Å². The Hall–Kier alpha value is -2.93. The molecule has 0 amide bonds. The van der Waals surface area contributed by atoms with Crippen molar-refractivity contribution in [2.45, 2.75) is 31.6 Å². The molecule has 26 heavy (non-hydrogen) atoms. The van der Waals surface area contributed by atoms with E-state index in [0.29, 0.717) is 18.8 Å². The molecular weight excluding hydrogens is 331 g/mol. The highest BCUT2D eigenvalue weighted by atomic mass is 19.1. The average molecular weight is 354 g/mol. The van der Waals surface area contributed by atoms with Crippen LogP contribution in [-0.4, -0.2) is 17.7 Å². The van der Waals surface area contributed by atoms with Gasteiger partial charge >= 0.3 is 0 Å². The first-order valence-electron chi connectivity index (χ1n) is 8.50. The Balaban J connectivity index is 1.72. The van der Waals surface area contributed by atoms with Crippen molar-refractivity contribution in [3.63, 3.8) is 0 Å². The fraction of sp³-hybridized carbons (Fsp3) is 0.263. The van der Waals surface area contributed by atoms with Crippen molar-refractivity contribution >= 4 is 11.9 Å². The van der Waals surface area contributed by atoms with Crippen LogP contribution in [0.2, 0.25) is 0 Å². The van der Waals surface area contributed by atoms with E-state index < -0.39 is 5.79 Å². The first-order chi connectivity index (χ1) is 12.4. The third-order valence-electron chi connectivity index (χ3n) is 4.19. The van der Waals surface area contributed by atoms with Gasteiger partial charge in [-0.1, -0.05) is 42.5 Å². The normalized spacial score (nSPS) is 22.3. The van der Waals surface area contributed by atoms with Crippen LogP contribution in [0.1, 0.15) is 30.5 Å². The average Bonchev–Trinajstić information content (AvgIpc) is 2.60. The van der Waals surface area contributed by atoms with Crippen LogP contribution in [0, 0.1) is 5.82 Å². The van der Waals surface area contributed by atoms with Crippen LogP contribution in [0.3, 0.4) is 0 Å². The molecule has 0 spiro atoms. The van der Waals surface area contributed by atoms with Gasteiger partial charge in [0.15, 0.2) is 11.7 Å². The predicted octanol–water partition coefficient (Wildman–Crippen LogP) is 2.00. The van der Waals surface area contributed by atoms with Crippen molar-refractivity contribution in [2.75, 3.05) is 0 Å². The van der Waals surface area contributed by atoms with E-state index in [1.165, 1.54) is 12.1 Å². The number of aliphatic imine (C=N–C) groups is 2. The monoisotopic (exact) mass is 354 g/mol. The van der Waals surface area contributed by atoms with E-state index >= 15 is 0 Å². The Morgan fingerprint density at radius 3 is 2.69 bits per heavy atom. The van der Waals surface area contributed by atoms with Crippen LogP contribution < -0.4 is 22.1 Å². The molecule has 1 aliphatic heterocycles. The Morgan fingerprint density at radius 2 is 1.96 bits per heavy atom. The lowest BCUT2D eigenvalue weighted by molar-refractivity contribution is 0.368. The van der Waals surface area contributed by atoms with Crippen LogP contribution in [0.15, 0.2) is 64.6 Å². The van der Waals surface area contributed by atoms with Crippen LogP contribution >= 0.6 is 0 Å². The van der Waals surface area contributed by atoms with Crippen LogP contribution in [0.25, 0.3) is 0 Å². The Bertz CT molecular complexity index is 820. The molecule has 0 radical (unpaired) electrons. The number of rotatable bonds is 5. The molecule has 0 aliphatic carbocycles. The molecule has 0 aromatic heterocycles. The summed E-state index contributed by atoms with van der Waals surface area (Å²) in [5.41, 5.74) is 14.2. The van der Waals surface area contributed by atoms with Crippen molar-refractivity contribution in [3.8, 4) is 0 Å². The summed E-state index contributed by atoms with van der Waals surface area (Å²) in [6.07, 6.45) is 0.997. The topological polar surface area (TPSA) is 101 Å². The van der Waals surface area contributed by atoms with Gasteiger partial charge in [0.05, 0.1) is 6.04 Å². The molecule has 1 heterocycles. The zero-order chi connectivity index (χ0) is 18.6. The number of hydrogen-bond acceptors (Lipinski definition) is 4. The molecular formula is C19H23FN6. The molecule has 1 unspecified atom stereocenters. The van der Waals surface area contributed by atoms with Crippen molar-refractivity contribution in [3.05, 3.63) is 71.5 Å². The van der Waals surface area contributed by atoms with Gasteiger partial charge in [0, 0.05) is 6.42 Å². The van der Waals surface area contributed by atoms with Crippen molar-refractivity contribution in [1.82, 2.24) is 10.6 Å². The second kappa shape index (κ2) is 7.53. The molecule has 0 saturated heterocycles. The van der Waals surface area contributed by atoms with E-state index in [2.05, 4.69) is 20.6 Å². The molecule has 6 nitrogen and oxygen atoms in total. The van der Waals surface area contributed by atoms with Gasteiger partial charge in [-0.2, -0.15) is 0 Å². The Labute approximate surface area is 152 Å². The van der Waals surface area contributed by atoms with Gasteiger partial charge in [-0.05, 0) is 36.6 Å². The summed E-state index contributed by atoms with van der Waals surface area (Å²) in [4.78, 5) is 8.87. The Morgan fingerprint density at radius 1 is 1.19 bits per heavy atom. The van der Waals surface area contributed by atoms with E-state index in [4.69, 9.17) is 11.5 Å². The molecule has 0 bridgehead atoms. The second-order valence-electron chi connectivity index (χ2n) is 6.37. The van der Waals surface area contributed by atoms with Gasteiger partial charge in [0.25, 0.3) is 0 Å². The predicted molar refractivity (Wildman–Crippen MR) is 102 cm³/mol. The zero-order valence-electron chi connectivity index (χ0n) is 14.6. The smallest absolute Gasteiger partial charge is 0.201 e. The fourth-order valence-corrected chi connectivity index (χ4v) is 2.84. The maximum Gasteiger partial charge on any atom is 0.201 e. The fourth-order valence-electron chi connectivity index (χ4n) is 2.84. The molecule has 2 aromatic rings. The second-order valence-corrected chi connectivity index (χ2v) is 6.37. The molecule has 3 rings (SSSR count). The Kier molecular flexibility index (Phi) is 5.18. The summed E-state index contributed by atoms with van der Waals surface area (Å²) in [6, 6.07) is 16.3. The number of aryl methyl sites for hydroxylation is 1. The van der Waals surface area contributed by atoms with E-state index in [-0.39, 0.29) is 17.8 Å². The zero-order valence-corrected chi connectivity index (χ0v) is 14.6. The van der Waals surface area contributed by atoms with Gasteiger partial charge in [0.1, 0.15) is 5.82 Å². The van der Waals surface area contributed by atoms with Crippen LogP contribution in [-0.2, 0) is 6.42 Å². The molecule has 1 aliphatic rings. The van der Waals surface area contributed by atoms with Gasteiger partial charge in [0.2, 0.25) is 5.96 Å². The summed E-state index contributed by atoms with van der Waals surface area (Å²) in [5.74, 6) is -0.703. The number of nitrogens with one attached hydrogen (secondary N) is 2. The number of hydrogen-bond donors (Lipinski definition) is 4. The van der Waals surface area contributed by atoms with E-state index in [1.807, 2.05) is 43.3 Å². The van der Waals surface area contributed by atoms with E-state index in [1.54, 1.807) is 6.07 Å². The van der Waals surface area contributed by atoms with E-state index in [0.717, 1.165) is 11.1 Å². The summed E-state index contributed by atoms with van der Waals surface area (Å²) in [6.45, 7) is 1.98. The number of benzene rings is 2. The molecule has 0 fully saturated rings. The minimum absolute atomic E-state index is 0.0791. The van der Waals surface area contributed by atoms with Gasteiger partial charge < -0.3 is 11.1 Å². The van der Waals surface area contributed by atoms with Gasteiger partial charge in [-0.15, -0.1) is 0 Å². The van der Waals surface area contributed by atoms with Crippen molar-refractivity contribution in [1.29, 1.82) is 0 Å². The highest BCUT2D eigenvalue weighted by Gasteiger charge is 2.30. The summed E-state index contributed by atoms with van der Waals surface area (Å²) < 4.78 is 13.3. The van der Waals surface area contributed by atoms with Gasteiger partial charge in [-0.3, -0.25) is 11.1 Å².